The molecule has 1 aromatic carbocycles. The second-order valence-corrected chi connectivity index (χ2v) is 4.48. The van der Waals surface area contributed by atoms with Crippen molar-refractivity contribution in [2.45, 2.75) is 45.8 Å². The van der Waals surface area contributed by atoms with Gasteiger partial charge in [0.2, 0.25) is 0 Å². The van der Waals surface area contributed by atoms with E-state index >= 15 is 0 Å². The zero-order valence-corrected chi connectivity index (χ0v) is 11.9. The molecule has 0 heterocycles. The Morgan fingerprint density at radius 1 is 1.21 bits per heavy atom. The zero-order chi connectivity index (χ0) is 14.3. The van der Waals surface area contributed by atoms with Crippen LogP contribution in [0.2, 0.25) is 0 Å². The van der Waals surface area contributed by atoms with Gasteiger partial charge in [-0.05, 0) is 38.1 Å². The molecule has 0 spiro atoms. The SMILES string of the molecule is CCCC(OCC)C(NCC)c1cc(F)ccc1F. The van der Waals surface area contributed by atoms with Crippen LogP contribution in [0.15, 0.2) is 18.2 Å². The highest BCUT2D eigenvalue weighted by Gasteiger charge is 2.25. The molecule has 0 amide bonds. The lowest BCUT2D eigenvalue weighted by Crippen LogP contribution is -2.34. The van der Waals surface area contributed by atoms with Crippen LogP contribution in [-0.4, -0.2) is 19.3 Å². The minimum absolute atomic E-state index is 0.147. The fourth-order valence-corrected chi connectivity index (χ4v) is 2.26. The molecule has 0 fully saturated rings. The number of hydrogen-bond acceptors (Lipinski definition) is 2. The summed E-state index contributed by atoms with van der Waals surface area (Å²) in [6.07, 6.45) is 1.59. The molecule has 0 saturated carbocycles. The number of ether oxygens (including phenoxy) is 1. The lowest BCUT2D eigenvalue weighted by molar-refractivity contribution is 0.0270. The van der Waals surface area contributed by atoms with Gasteiger partial charge in [-0.1, -0.05) is 20.3 Å². The summed E-state index contributed by atoms with van der Waals surface area (Å²) >= 11 is 0. The largest absolute Gasteiger partial charge is 0.377 e. The highest BCUT2D eigenvalue weighted by Crippen LogP contribution is 2.26. The van der Waals surface area contributed by atoms with E-state index in [4.69, 9.17) is 4.74 Å². The first kappa shape index (κ1) is 16.1. The van der Waals surface area contributed by atoms with Gasteiger partial charge in [0.25, 0.3) is 0 Å². The molecule has 0 saturated heterocycles. The van der Waals surface area contributed by atoms with Crippen LogP contribution in [0.5, 0.6) is 0 Å². The van der Waals surface area contributed by atoms with E-state index in [0.29, 0.717) is 18.7 Å². The lowest BCUT2D eigenvalue weighted by Gasteiger charge is -2.28. The molecule has 4 heteroatoms. The molecule has 0 bridgehead atoms. The summed E-state index contributed by atoms with van der Waals surface area (Å²) in [7, 11) is 0. The molecular weight excluding hydrogens is 248 g/mol. The fourth-order valence-electron chi connectivity index (χ4n) is 2.26. The summed E-state index contributed by atoms with van der Waals surface area (Å²) in [5.41, 5.74) is 0.341. The molecule has 19 heavy (non-hydrogen) atoms. The first-order valence-electron chi connectivity index (χ1n) is 6.93. The number of hydrogen-bond donors (Lipinski definition) is 1. The minimum Gasteiger partial charge on any atom is -0.377 e. The van der Waals surface area contributed by atoms with Crippen LogP contribution in [-0.2, 0) is 4.74 Å². The van der Waals surface area contributed by atoms with Gasteiger partial charge in [-0.25, -0.2) is 8.78 Å². The summed E-state index contributed by atoms with van der Waals surface area (Å²) in [5, 5.41) is 3.20. The van der Waals surface area contributed by atoms with Gasteiger partial charge in [0.1, 0.15) is 11.6 Å². The van der Waals surface area contributed by atoms with E-state index in [1.165, 1.54) is 12.1 Å². The van der Waals surface area contributed by atoms with E-state index in [1.807, 2.05) is 13.8 Å². The number of benzene rings is 1. The molecule has 1 aromatic rings. The molecule has 0 aromatic heterocycles. The lowest BCUT2D eigenvalue weighted by atomic mass is 9.97. The Bertz CT molecular complexity index is 378. The predicted octanol–water partition coefficient (Wildman–Crippen LogP) is 3.82. The quantitative estimate of drug-likeness (QED) is 0.776. The van der Waals surface area contributed by atoms with Crippen LogP contribution in [0.25, 0.3) is 0 Å². The monoisotopic (exact) mass is 271 g/mol. The minimum atomic E-state index is -0.425. The Balaban J connectivity index is 3.05. The van der Waals surface area contributed by atoms with Crippen LogP contribution in [0, 0.1) is 11.6 Å². The third kappa shape index (κ3) is 4.55. The maximum Gasteiger partial charge on any atom is 0.128 e. The molecule has 2 unspecified atom stereocenters. The number of halogens is 2. The van der Waals surface area contributed by atoms with Gasteiger partial charge in [0.05, 0.1) is 12.1 Å². The van der Waals surface area contributed by atoms with Crippen molar-refractivity contribution >= 4 is 0 Å². The molecule has 1 rings (SSSR count). The average molecular weight is 271 g/mol. The van der Waals surface area contributed by atoms with Crippen molar-refractivity contribution in [3.63, 3.8) is 0 Å². The molecule has 0 aliphatic carbocycles. The van der Waals surface area contributed by atoms with E-state index in [-0.39, 0.29) is 12.1 Å². The first-order chi connectivity index (χ1) is 9.13. The van der Waals surface area contributed by atoms with E-state index < -0.39 is 11.6 Å². The second kappa shape index (κ2) is 8.23. The first-order valence-corrected chi connectivity index (χ1v) is 6.93. The smallest absolute Gasteiger partial charge is 0.128 e. The Kier molecular flexibility index (Phi) is 6.95. The predicted molar refractivity (Wildman–Crippen MR) is 73.1 cm³/mol. The van der Waals surface area contributed by atoms with Gasteiger partial charge < -0.3 is 10.1 Å². The normalized spacial score (nSPS) is 14.4. The second-order valence-electron chi connectivity index (χ2n) is 4.48. The van der Waals surface area contributed by atoms with Crippen LogP contribution in [0.4, 0.5) is 8.78 Å². The van der Waals surface area contributed by atoms with Gasteiger partial charge in [0, 0.05) is 12.2 Å². The van der Waals surface area contributed by atoms with Gasteiger partial charge in [-0.2, -0.15) is 0 Å². The van der Waals surface area contributed by atoms with E-state index in [1.54, 1.807) is 0 Å². The van der Waals surface area contributed by atoms with Crippen molar-refractivity contribution in [3.8, 4) is 0 Å². The number of rotatable bonds is 8. The van der Waals surface area contributed by atoms with Crippen molar-refractivity contribution in [1.29, 1.82) is 0 Å². The van der Waals surface area contributed by atoms with Gasteiger partial charge in [-0.15, -0.1) is 0 Å². The number of likely N-dealkylation sites (N-methyl/N-ethyl adjacent to an activating group) is 1. The van der Waals surface area contributed by atoms with Crippen LogP contribution >= 0.6 is 0 Å². The topological polar surface area (TPSA) is 21.3 Å². The number of nitrogens with one attached hydrogen (secondary N) is 1. The molecule has 0 radical (unpaired) electrons. The summed E-state index contributed by atoms with van der Waals surface area (Å²) in [5.74, 6) is -0.820. The highest BCUT2D eigenvalue weighted by molar-refractivity contribution is 5.23. The fraction of sp³-hybridized carbons (Fsp3) is 0.600. The van der Waals surface area contributed by atoms with E-state index in [9.17, 15) is 8.78 Å². The van der Waals surface area contributed by atoms with Crippen molar-refractivity contribution in [2.75, 3.05) is 13.2 Å². The molecular formula is C15H23F2NO. The van der Waals surface area contributed by atoms with Crippen LogP contribution in [0.1, 0.15) is 45.2 Å². The maximum absolute atomic E-state index is 13.9. The molecule has 0 aliphatic rings. The standard InChI is InChI=1S/C15H23F2NO/c1-4-7-14(19-6-3)15(18-5-2)12-10-11(16)8-9-13(12)17/h8-10,14-15,18H,4-7H2,1-3H3. The van der Waals surface area contributed by atoms with Crippen molar-refractivity contribution in [2.24, 2.45) is 0 Å². The summed E-state index contributed by atoms with van der Waals surface area (Å²) in [6.45, 7) is 7.14. The third-order valence-corrected chi connectivity index (χ3v) is 3.04. The summed E-state index contributed by atoms with van der Waals surface area (Å²) in [4.78, 5) is 0. The summed E-state index contributed by atoms with van der Waals surface area (Å²) in [6, 6.07) is 3.24. The third-order valence-electron chi connectivity index (χ3n) is 3.04. The van der Waals surface area contributed by atoms with Gasteiger partial charge in [-0.3, -0.25) is 0 Å². The van der Waals surface area contributed by atoms with Crippen LogP contribution in [0.3, 0.4) is 0 Å². The van der Waals surface area contributed by atoms with Crippen molar-refractivity contribution < 1.29 is 13.5 Å². The molecule has 108 valence electrons. The van der Waals surface area contributed by atoms with Crippen molar-refractivity contribution in [1.82, 2.24) is 5.32 Å². The van der Waals surface area contributed by atoms with Crippen LogP contribution < -0.4 is 5.32 Å². The van der Waals surface area contributed by atoms with E-state index in [0.717, 1.165) is 18.9 Å². The Labute approximate surface area is 114 Å². The van der Waals surface area contributed by atoms with Gasteiger partial charge >= 0.3 is 0 Å². The molecule has 2 atom stereocenters. The maximum atomic E-state index is 13.9. The zero-order valence-electron chi connectivity index (χ0n) is 11.9. The highest BCUT2D eigenvalue weighted by atomic mass is 19.1. The molecule has 2 nitrogen and oxygen atoms in total. The van der Waals surface area contributed by atoms with Crippen molar-refractivity contribution in [3.05, 3.63) is 35.4 Å². The van der Waals surface area contributed by atoms with Gasteiger partial charge in [0.15, 0.2) is 0 Å². The van der Waals surface area contributed by atoms with E-state index in [2.05, 4.69) is 12.2 Å². The molecule has 0 aliphatic heterocycles. The average Bonchev–Trinajstić information content (AvgIpc) is 2.39. The molecule has 1 N–H and O–H groups in total. The summed E-state index contributed by atoms with van der Waals surface area (Å²) < 4.78 is 33.0. The Morgan fingerprint density at radius 2 is 1.95 bits per heavy atom. The Morgan fingerprint density at radius 3 is 2.53 bits per heavy atom. The Hall–Kier alpha value is -1.00.